The van der Waals surface area contributed by atoms with Crippen LogP contribution in [0.5, 0.6) is 0 Å². The van der Waals surface area contributed by atoms with E-state index < -0.39 is 0 Å². The van der Waals surface area contributed by atoms with Crippen LogP contribution in [0, 0.1) is 11.8 Å². The molecule has 0 bridgehead atoms. The van der Waals surface area contributed by atoms with E-state index in [1.54, 1.807) is 0 Å². The quantitative estimate of drug-likeness (QED) is 0.601. The molecule has 0 fully saturated rings. The molecule has 0 aromatic heterocycles. The van der Waals surface area contributed by atoms with Gasteiger partial charge in [-0.1, -0.05) is 32.4 Å². The average Bonchev–Trinajstić information content (AvgIpc) is 1.98. The summed E-state index contributed by atoms with van der Waals surface area (Å²) in [6, 6.07) is 0. The SMILES string of the molecule is C=C(C)C(C)C(CC)CNC. The lowest BCUT2D eigenvalue weighted by atomic mass is 9.87. The van der Waals surface area contributed by atoms with Crippen molar-refractivity contribution in [3.05, 3.63) is 12.2 Å². The van der Waals surface area contributed by atoms with Gasteiger partial charge in [0.2, 0.25) is 0 Å². The lowest BCUT2D eigenvalue weighted by molar-refractivity contribution is 0.379. The van der Waals surface area contributed by atoms with E-state index in [9.17, 15) is 0 Å². The first-order valence-corrected chi connectivity index (χ1v) is 4.43. The summed E-state index contributed by atoms with van der Waals surface area (Å²) >= 11 is 0. The Morgan fingerprint density at radius 1 is 1.55 bits per heavy atom. The molecule has 0 spiro atoms. The first kappa shape index (κ1) is 10.7. The van der Waals surface area contributed by atoms with Gasteiger partial charge in [-0.25, -0.2) is 0 Å². The molecule has 0 radical (unpaired) electrons. The fraction of sp³-hybridized carbons (Fsp3) is 0.800. The van der Waals surface area contributed by atoms with Crippen LogP contribution in [0.15, 0.2) is 12.2 Å². The Hall–Kier alpha value is -0.300. The minimum absolute atomic E-state index is 0.646. The van der Waals surface area contributed by atoms with Crippen LogP contribution in [0.2, 0.25) is 0 Å². The molecule has 0 aliphatic rings. The lowest BCUT2D eigenvalue weighted by Gasteiger charge is -2.22. The molecule has 0 aliphatic carbocycles. The molecule has 1 heteroatoms. The molecule has 0 heterocycles. The highest BCUT2D eigenvalue weighted by molar-refractivity contribution is 4.96. The van der Waals surface area contributed by atoms with E-state index in [2.05, 4.69) is 32.7 Å². The zero-order valence-electron chi connectivity index (χ0n) is 8.28. The number of rotatable bonds is 5. The topological polar surface area (TPSA) is 12.0 Å². The monoisotopic (exact) mass is 155 g/mol. The Morgan fingerprint density at radius 3 is 2.36 bits per heavy atom. The number of nitrogens with one attached hydrogen (secondary N) is 1. The Morgan fingerprint density at radius 2 is 2.09 bits per heavy atom. The Labute approximate surface area is 70.9 Å². The van der Waals surface area contributed by atoms with Crippen LogP contribution in [-0.2, 0) is 0 Å². The van der Waals surface area contributed by atoms with E-state index in [1.807, 2.05) is 7.05 Å². The molecule has 0 aliphatic heterocycles. The zero-order chi connectivity index (χ0) is 8.85. The van der Waals surface area contributed by atoms with Gasteiger partial charge in [0.1, 0.15) is 0 Å². The summed E-state index contributed by atoms with van der Waals surface area (Å²) in [5.74, 6) is 1.39. The molecule has 1 nitrogen and oxygen atoms in total. The van der Waals surface area contributed by atoms with Crippen LogP contribution in [0.25, 0.3) is 0 Å². The van der Waals surface area contributed by atoms with E-state index in [-0.39, 0.29) is 0 Å². The second kappa shape index (κ2) is 5.36. The van der Waals surface area contributed by atoms with Gasteiger partial charge in [-0.3, -0.25) is 0 Å². The summed E-state index contributed by atoms with van der Waals surface area (Å²) in [6.07, 6.45) is 1.23. The summed E-state index contributed by atoms with van der Waals surface area (Å²) in [7, 11) is 2.01. The van der Waals surface area contributed by atoms with Crippen LogP contribution in [0.4, 0.5) is 0 Å². The molecule has 0 saturated carbocycles. The minimum atomic E-state index is 0.646. The van der Waals surface area contributed by atoms with E-state index in [0.717, 1.165) is 12.5 Å². The van der Waals surface area contributed by atoms with Crippen molar-refractivity contribution < 1.29 is 0 Å². The van der Waals surface area contributed by atoms with Gasteiger partial charge in [0.05, 0.1) is 0 Å². The highest BCUT2D eigenvalue weighted by Gasteiger charge is 2.14. The summed E-state index contributed by atoms with van der Waals surface area (Å²) < 4.78 is 0. The van der Waals surface area contributed by atoms with Crippen molar-refractivity contribution in [3.8, 4) is 0 Å². The summed E-state index contributed by atoms with van der Waals surface area (Å²) in [6.45, 7) is 11.7. The second-order valence-electron chi connectivity index (χ2n) is 3.36. The van der Waals surface area contributed by atoms with Crippen molar-refractivity contribution >= 4 is 0 Å². The highest BCUT2D eigenvalue weighted by atomic mass is 14.8. The van der Waals surface area contributed by atoms with Crippen LogP contribution in [-0.4, -0.2) is 13.6 Å². The smallest absolute Gasteiger partial charge is 0.00180 e. The minimum Gasteiger partial charge on any atom is -0.319 e. The fourth-order valence-corrected chi connectivity index (χ4v) is 1.34. The van der Waals surface area contributed by atoms with Gasteiger partial charge < -0.3 is 5.32 Å². The van der Waals surface area contributed by atoms with Crippen molar-refractivity contribution in [1.82, 2.24) is 5.32 Å². The van der Waals surface area contributed by atoms with Gasteiger partial charge in [0, 0.05) is 0 Å². The van der Waals surface area contributed by atoms with Gasteiger partial charge in [0.15, 0.2) is 0 Å². The predicted molar refractivity (Wildman–Crippen MR) is 51.7 cm³/mol. The maximum absolute atomic E-state index is 3.98. The van der Waals surface area contributed by atoms with E-state index >= 15 is 0 Å². The van der Waals surface area contributed by atoms with Crippen molar-refractivity contribution in [2.45, 2.75) is 27.2 Å². The molecule has 11 heavy (non-hydrogen) atoms. The van der Waals surface area contributed by atoms with Gasteiger partial charge in [0.25, 0.3) is 0 Å². The molecule has 0 aromatic carbocycles. The number of hydrogen-bond acceptors (Lipinski definition) is 1. The molecule has 66 valence electrons. The molecule has 0 saturated heterocycles. The van der Waals surface area contributed by atoms with E-state index in [1.165, 1.54) is 12.0 Å². The highest BCUT2D eigenvalue weighted by Crippen LogP contribution is 2.20. The molecule has 2 atom stereocenters. The van der Waals surface area contributed by atoms with Crippen LogP contribution in [0.1, 0.15) is 27.2 Å². The van der Waals surface area contributed by atoms with Crippen molar-refractivity contribution in [2.24, 2.45) is 11.8 Å². The molecule has 1 N–H and O–H groups in total. The van der Waals surface area contributed by atoms with Gasteiger partial charge >= 0.3 is 0 Å². The average molecular weight is 155 g/mol. The van der Waals surface area contributed by atoms with Gasteiger partial charge in [-0.15, -0.1) is 0 Å². The molecular formula is C10H21N. The van der Waals surface area contributed by atoms with Crippen molar-refractivity contribution in [2.75, 3.05) is 13.6 Å². The molecule has 0 aromatic rings. The lowest BCUT2D eigenvalue weighted by Crippen LogP contribution is -2.24. The maximum atomic E-state index is 3.98. The molecule has 0 amide bonds. The Bertz CT molecular complexity index is 118. The van der Waals surface area contributed by atoms with Crippen LogP contribution >= 0.6 is 0 Å². The largest absolute Gasteiger partial charge is 0.319 e. The van der Waals surface area contributed by atoms with E-state index in [4.69, 9.17) is 0 Å². The second-order valence-corrected chi connectivity index (χ2v) is 3.36. The molecule has 0 rings (SSSR count). The molecule has 2 unspecified atom stereocenters. The third-order valence-electron chi connectivity index (χ3n) is 2.48. The summed E-state index contributed by atoms with van der Waals surface area (Å²) in [5, 5.41) is 3.21. The maximum Gasteiger partial charge on any atom is -0.00180 e. The van der Waals surface area contributed by atoms with Crippen molar-refractivity contribution in [3.63, 3.8) is 0 Å². The van der Waals surface area contributed by atoms with E-state index in [0.29, 0.717) is 5.92 Å². The summed E-state index contributed by atoms with van der Waals surface area (Å²) in [4.78, 5) is 0. The zero-order valence-corrected chi connectivity index (χ0v) is 8.28. The molecular weight excluding hydrogens is 134 g/mol. The first-order valence-electron chi connectivity index (χ1n) is 4.43. The number of allylic oxidation sites excluding steroid dienone is 1. The van der Waals surface area contributed by atoms with Crippen LogP contribution in [0.3, 0.4) is 0 Å². The third kappa shape index (κ3) is 3.57. The first-order chi connectivity index (χ1) is 5.13. The van der Waals surface area contributed by atoms with Crippen LogP contribution < -0.4 is 5.32 Å². The van der Waals surface area contributed by atoms with Crippen molar-refractivity contribution in [1.29, 1.82) is 0 Å². The third-order valence-corrected chi connectivity index (χ3v) is 2.48. The number of hydrogen-bond donors (Lipinski definition) is 1. The fourth-order valence-electron chi connectivity index (χ4n) is 1.34. The van der Waals surface area contributed by atoms with Gasteiger partial charge in [-0.2, -0.15) is 0 Å². The predicted octanol–water partition coefficient (Wildman–Crippen LogP) is 2.44. The normalized spacial score (nSPS) is 16.0. The Kier molecular flexibility index (Phi) is 5.22. The standard InChI is InChI=1S/C10H21N/c1-6-10(7-11-5)9(4)8(2)3/h9-11H,2,6-7H2,1,3-5H3. The Balaban J connectivity index is 3.91. The van der Waals surface area contributed by atoms with Gasteiger partial charge in [-0.05, 0) is 32.4 Å². The summed E-state index contributed by atoms with van der Waals surface area (Å²) in [5.41, 5.74) is 1.30.